The topological polar surface area (TPSA) is 107 Å². The van der Waals surface area contributed by atoms with Crippen molar-refractivity contribution in [2.45, 2.75) is 19.3 Å². The van der Waals surface area contributed by atoms with E-state index in [4.69, 9.17) is 9.47 Å². The van der Waals surface area contributed by atoms with Crippen molar-refractivity contribution >= 4 is 17.2 Å². The predicted octanol–water partition coefficient (Wildman–Crippen LogP) is 4.30. The number of para-hydroxylation sites is 1. The van der Waals surface area contributed by atoms with E-state index in [1.807, 2.05) is 0 Å². The molecular weight excluding hydrogens is 530 g/mol. The maximum absolute atomic E-state index is 14.4. The Morgan fingerprint density at radius 3 is 2.46 bits per heavy atom. The minimum Gasteiger partial charge on any atom is -0.494 e. The van der Waals surface area contributed by atoms with Gasteiger partial charge in [0.05, 0.1) is 19.2 Å². The number of carbonyl (C=O) groups is 1. The normalized spacial score (nSPS) is 15.0. The maximum Gasteiger partial charge on any atom is 0.275 e. The van der Waals surface area contributed by atoms with E-state index in [9.17, 15) is 23.5 Å². The Morgan fingerprint density at radius 1 is 1.13 bits per heavy atom. The third-order valence-electron chi connectivity index (χ3n) is 6.63. The molecule has 0 bridgehead atoms. The average molecular weight is 555 g/mol. The molecule has 2 aromatic heterocycles. The zero-order chi connectivity index (χ0) is 27.8. The summed E-state index contributed by atoms with van der Waals surface area (Å²) in [5.41, 5.74) is -0.641. The van der Waals surface area contributed by atoms with Crippen LogP contribution in [-0.4, -0.2) is 57.8 Å². The lowest BCUT2D eigenvalue weighted by Crippen LogP contribution is -2.36. The van der Waals surface area contributed by atoms with E-state index in [1.54, 1.807) is 30.5 Å². The van der Waals surface area contributed by atoms with Crippen LogP contribution in [-0.2, 0) is 0 Å². The summed E-state index contributed by atoms with van der Waals surface area (Å²) in [5.74, 6) is -2.79. The van der Waals surface area contributed by atoms with Gasteiger partial charge in [0.15, 0.2) is 11.4 Å². The molecule has 3 heterocycles. The van der Waals surface area contributed by atoms with Gasteiger partial charge in [0.25, 0.3) is 11.5 Å². The van der Waals surface area contributed by atoms with E-state index in [0.29, 0.717) is 17.1 Å². The van der Waals surface area contributed by atoms with Crippen LogP contribution in [0.4, 0.5) is 8.78 Å². The van der Waals surface area contributed by atoms with Crippen molar-refractivity contribution in [1.82, 2.24) is 19.4 Å². The number of benzene rings is 2. The molecule has 1 fully saturated rings. The number of aryl methyl sites for hydroxylation is 1. The van der Waals surface area contributed by atoms with Crippen LogP contribution in [0.1, 0.15) is 33.3 Å². The number of nitrogens with zero attached hydrogens (tertiary/aromatic N) is 4. The molecule has 9 nitrogen and oxygen atoms in total. The van der Waals surface area contributed by atoms with Gasteiger partial charge in [-0.15, -0.1) is 11.3 Å². The minimum atomic E-state index is -0.854. The number of hydrogen-bond acceptors (Lipinski definition) is 8. The molecular formula is C27H24F2N4O5S. The Balaban J connectivity index is 1.63. The summed E-state index contributed by atoms with van der Waals surface area (Å²) in [7, 11) is 2.85. The first-order valence-electron chi connectivity index (χ1n) is 12.0. The highest BCUT2D eigenvalue weighted by Gasteiger charge is 2.34. The van der Waals surface area contributed by atoms with E-state index in [0.717, 1.165) is 16.7 Å². The quantitative estimate of drug-likeness (QED) is 0.379. The third kappa shape index (κ3) is 4.71. The second-order valence-corrected chi connectivity index (χ2v) is 10.0. The van der Waals surface area contributed by atoms with Gasteiger partial charge in [0.2, 0.25) is 5.88 Å². The molecule has 2 aromatic carbocycles. The molecule has 1 aliphatic heterocycles. The summed E-state index contributed by atoms with van der Waals surface area (Å²) in [6.07, 6.45) is 0.396. The Morgan fingerprint density at radius 2 is 1.85 bits per heavy atom. The van der Waals surface area contributed by atoms with E-state index in [2.05, 4.69) is 9.97 Å². The molecule has 0 spiro atoms. The first-order chi connectivity index (χ1) is 18.7. The summed E-state index contributed by atoms with van der Waals surface area (Å²) in [4.78, 5) is 37.7. The fraction of sp³-hybridized carbons (Fsp3) is 0.259. The van der Waals surface area contributed by atoms with Gasteiger partial charge in [-0.25, -0.2) is 13.8 Å². The number of halogens is 2. The summed E-state index contributed by atoms with van der Waals surface area (Å²) in [6, 6.07) is 8.24. The van der Waals surface area contributed by atoms with Crippen LogP contribution in [0.25, 0.3) is 17.2 Å². The number of aromatic hydroxyl groups is 1. The number of carbonyl (C=O) groups excluding carboxylic acids is 1. The molecule has 202 valence electrons. The van der Waals surface area contributed by atoms with Crippen molar-refractivity contribution in [3.8, 4) is 34.6 Å². The number of methoxy groups -OCH3 is 2. The van der Waals surface area contributed by atoms with Gasteiger partial charge >= 0.3 is 0 Å². The fourth-order valence-corrected chi connectivity index (χ4v) is 5.38. The third-order valence-corrected chi connectivity index (χ3v) is 7.40. The van der Waals surface area contributed by atoms with Crippen molar-refractivity contribution in [3.63, 3.8) is 0 Å². The van der Waals surface area contributed by atoms with Crippen LogP contribution in [0, 0.1) is 18.6 Å². The van der Waals surface area contributed by atoms with Gasteiger partial charge in [-0.3, -0.25) is 14.2 Å². The standard InChI is InChI=1S/C27H24F2N4O5S/c1-14-30-19(13-39-14)24-31-25(34)22(27(36)33(24)23-20(37-2)5-4-6-21(23)38-3)26(35)32-10-9-15(12-32)17-8-7-16(28)11-18(17)29/h4-8,11,13,15,34H,9-10,12H2,1-3H3. The number of thiazole rings is 1. The highest BCUT2D eigenvalue weighted by Crippen LogP contribution is 2.36. The molecule has 1 unspecified atom stereocenters. The van der Waals surface area contributed by atoms with E-state index < -0.39 is 40.5 Å². The van der Waals surface area contributed by atoms with Gasteiger partial charge < -0.3 is 19.5 Å². The van der Waals surface area contributed by atoms with Crippen LogP contribution in [0.3, 0.4) is 0 Å². The Labute approximate surface area is 225 Å². The SMILES string of the molecule is COc1cccc(OC)c1-n1c(-c2csc(C)n2)nc(O)c(C(=O)N2CCC(c3ccc(F)cc3F)C2)c1=O. The number of hydrogen-bond donors (Lipinski definition) is 1. The van der Waals surface area contributed by atoms with Crippen LogP contribution in [0.5, 0.6) is 17.4 Å². The lowest BCUT2D eigenvalue weighted by Gasteiger charge is -2.21. The predicted molar refractivity (Wildman–Crippen MR) is 140 cm³/mol. The molecule has 4 aromatic rings. The highest BCUT2D eigenvalue weighted by atomic mass is 32.1. The van der Waals surface area contributed by atoms with Crippen molar-refractivity contribution in [1.29, 1.82) is 0 Å². The Kier molecular flexibility index (Phi) is 7.04. The van der Waals surface area contributed by atoms with E-state index >= 15 is 0 Å². The first-order valence-corrected chi connectivity index (χ1v) is 12.9. The van der Waals surface area contributed by atoms with Crippen LogP contribution in [0.15, 0.2) is 46.6 Å². The first kappa shape index (κ1) is 26.3. The lowest BCUT2D eigenvalue weighted by atomic mass is 9.98. The van der Waals surface area contributed by atoms with Gasteiger partial charge in [-0.05, 0) is 37.1 Å². The highest BCUT2D eigenvalue weighted by molar-refractivity contribution is 7.09. The van der Waals surface area contributed by atoms with Gasteiger partial charge in [-0.2, -0.15) is 4.98 Å². The van der Waals surface area contributed by atoms with Crippen LogP contribution >= 0.6 is 11.3 Å². The molecule has 12 heteroatoms. The van der Waals surface area contributed by atoms with Crippen molar-refractivity contribution in [2.75, 3.05) is 27.3 Å². The van der Waals surface area contributed by atoms with Gasteiger partial charge in [0, 0.05) is 30.5 Å². The van der Waals surface area contributed by atoms with Crippen LogP contribution in [0.2, 0.25) is 0 Å². The zero-order valence-electron chi connectivity index (χ0n) is 21.3. The molecule has 1 atom stereocenters. The smallest absolute Gasteiger partial charge is 0.275 e. The largest absolute Gasteiger partial charge is 0.494 e. The van der Waals surface area contributed by atoms with E-state index in [-0.39, 0.29) is 41.7 Å². The average Bonchev–Trinajstić information content (AvgIpc) is 3.57. The molecule has 5 rings (SSSR count). The molecule has 1 amide bonds. The Hall–Kier alpha value is -4.32. The van der Waals surface area contributed by atoms with Crippen molar-refractivity contribution in [2.24, 2.45) is 0 Å². The summed E-state index contributed by atoms with van der Waals surface area (Å²) in [5, 5.41) is 13.3. The number of amides is 1. The van der Waals surface area contributed by atoms with Gasteiger partial charge in [-0.1, -0.05) is 12.1 Å². The van der Waals surface area contributed by atoms with E-state index in [1.165, 1.54) is 36.5 Å². The number of aromatic nitrogens is 3. The summed E-state index contributed by atoms with van der Waals surface area (Å²) < 4.78 is 39.9. The van der Waals surface area contributed by atoms with Crippen molar-refractivity contribution < 1.29 is 28.2 Å². The summed E-state index contributed by atoms with van der Waals surface area (Å²) in [6.45, 7) is 2.06. The lowest BCUT2D eigenvalue weighted by molar-refractivity contribution is 0.0784. The molecule has 0 radical (unpaired) electrons. The fourth-order valence-electron chi connectivity index (χ4n) is 4.78. The molecule has 0 aliphatic carbocycles. The molecule has 39 heavy (non-hydrogen) atoms. The Bertz CT molecular complexity index is 1610. The van der Waals surface area contributed by atoms with Crippen molar-refractivity contribution in [3.05, 3.63) is 79.9 Å². The number of rotatable bonds is 6. The minimum absolute atomic E-state index is 0.00567. The second-order valence-electron chi connectivity index (χ2n) is 8.94. The van der Waals surface area contributed by atoms with Crippen LogP contribution < -0.4 is 15.0 Å². The molecule has 1 saturated heterocycles. The maximum atomic E-state index is 14.4. The molecule has 0 saturated carbocycles. The monoisotopic (exact) mass is 554 g/mol. The zero-order valence-corrected chi connectivity index (χ0v) is 22.1. The molecule has 1 N–H and O–H groups in total. The second kappa shape index (κ2) is 10.4. The summed E-state index contributed by atoms with van der Waals surface area (Å²) >= 11 is 1.33. The number of ether oxygens (including phenoxy) is 2. The molecule has 1 aliphatic rings. The van der Waals surface area contributed by atoms with Gasteiger partial charge in [0.1, 0.15) is 34.5 Å². The number of likely N-dealkylation sites (tertiary alicyclic amines) is 1.